The fourth-order valence-corrected chi connectivity index (χ4v) is 5.90. The zero-order valence-electron chi connectivity index (χ0n) is 37.6. The summed E-state index contributed by atoms with van der Waals surface area (Å²) in [7, 11) is 0. The summed E-state index contributed by atoms with van der Waals surface area (Å²) in [4.78, 5) is 1.06. The van der Waals surface area contributed by atoms with Gasteiger partial charge in [-0.25, -0.2) is 0 Å². The van der Waals surface area contributed by atoms with Crippen molar-refractivity contribution in [1.82, 2.24) is 4.57 Å². The molecule has 0 saturated carbocycles. The van der Waals surface area contributed by atoms with E-state index in [-0.39, 0.29) is 17.8 Å². The molecule has 0 bridgehead atoms. The predicted octanol–water partition coefficient (Wildman–Crippen LogP) is 12.6. The van der Waals surface area contributed by atoms with E-state index in [1.807, 2.05) is 84.9 Å². The lowest BCUT2D eigenvalue weighted by Gasteiger charge is -2.25. The average Bonchev–Trinajstić information content (AvgIpc) is 3.63. The van der Waals surface area contributed by atoms with Crippen molar-refractivity contribution in [2.45, 2.75) is 0 Å². The predicted molar refractivity (Wildman–Crippen MR) is 204 cm³/mol. The number of hydrogen-bond acceptors (Lipinski definition) is 1. The van der Waals surface area contributed by atoms with Gasteiger partial charge in [-0.3, -0.25) is 0 Å². The topological polar surface area (TPSA) is 8.17 Å². The van der Waals surface area contributed by atoms with Gasteiger partial charge in [-0.05, 0) is 82.8 Å². The van der Waals surface area contributed by atoms with Gasteiger partial charge in [0.15, 0.2) is 0 Å². The monoisotopic (exact) mass is 626 g/mol. The largest absolute Gasteiger partial charge is 0.311 e. The number of anilines is 3. The van der Waals surface area contributed by atoms with Crippen LogP contribution in [0.5, 0.6) is 0 Å². The minimum Gasteiger partial charge on any atom is -0.311 e. The highest BCUT2D eigenvalue weighted by Crippen LogP contribution is 2.43. The van der Waals surface area contributed by atoms with Crippen molar-refractivity contribution >= 4 is 40.1 Å². The fraction of sp³-hybridized carbons (Fsp3) is 0. The Balaban J connectivity index is 1.30. The number of nitrogens with zero attached hydrogens (tertiary/aromatic N) is 2. The van der Waals surface area contributed by atoms with Crippen LogP contribution in [0.3, 0.4) is 0 Å². The van der Waals surface area contributed by atoms with E-state index in [1.54, 1.807) is 0 Å². The molecule has 1 aromatic heterocycles. The SMILES string of the molecule is [2H]/C(=C(/[2H])c1ccc2c(c1)c(-c1ccccc1)c(-c1ccccc1)n2-c1ccccc1)c1ccc(N(c2c([2H])c([2H])c([2H])c([2H])c2[2H])c2c([2H])c([2H])c([2H])c([2H])c2[2H])cc1. The molecule has 2 nitrogen and oxygen atoms in total. The third kappa shape index (κ3) is 5.72. The summed E-state index contributed by atoms with van der Waals surface area (Å²) in [5.74, 6) is 0. The lowest BCUT2D eigenvalue weighted by Crippen LogP contribution is -2.09. The van der Waals surface area contributed by atoms with E-state index in [9.17, 15) is 2.74 Å². The second-order valence-corrected chi connectivity index (χ2v) is 10.9. The number of benzene rings is 7. The van der Waals surface area contributed by atoms with Crippen molar-refractivity contribution in [3.63, 3.8) is 0 Å². The van der Waals surface area contributed by atoms with Gasteiger partial charge in [0.1, 0.15) is 0 Å². The molecule has 0 aliphatic rings. The Bertz CT molecular complexity index is 2860. The number of fused-ring (bicyclic) bond motifs is 1. The molecule has 8 aromatic rings. The summed E-state index contributed by atoms with van der Waals surface area (Å²) in [5.41, 5.74) is 5.83. The van der Waals surface area contributed by atoms with Crippen molar-refractivity contribution in [1.29, 1.82) is 0 Å². The maximum Gasteiger partial charge on any atom is 0.0645 e. The first-order valence-electron chi connectivity index (χ1n) is 21.4. The van der Waals surface area contributed by atoms with Crippen LogP contribution >= 0.6 is 0 Å². The average molecular weight is 627 g/mol. The highest BCUT2D eigenvalue weighted by Gasteiger charge is 2.21. The van der Waals surface area contributed by atoms with E-state index >= 15 is 0 Å². The van der Waals surface area contributed by atoms with Crippen LogP contribution in [0.2, 0.25) is 0 Å². The molecule has 0 fully saturated rings. The maximum atomic E-state index is 9.31. The lowest BCUT2D eigenvalue weighted by atomic mass is 9.97. The smallest absolute Gasteiger partial charge is 0.0645 e. The Morgan fingerprint density at radius 3 is 1.62 bits per heavy atom. The third-order valence-electron chi connectivity index (χ3n) is 7.99. The second kappa shape index (κ2) is 13.2. The van der Waals surface area contributed by atoms with Crippen molar-refractivity contribution < 1.29 is 16.4 Å². The molecule has 0 amide bonds. The van der Waals surface area contributed by atoms with Crippen LogP contribution in [-0.4, -0.2) is 4.57 Å². The molecular formula is C46H34N2. The molecule has 0 unspecified atom stereocenters. The minimum absolute atomic E-state index is 0.0783. The quantitative estimate of drug-likeness (QED) is 0.152. The van der Waals surface area contributed by atoms with Gasteiger partial charge >= 0.3 is 0 Å². The van der Waals surface area contributed by atoms with Gasteiger partial charge in [0.25, 0.3) is 0 Å². The molecule has 228 valence electrons. The van der Waals surface area contributed by atoms with Crippen LogP contribution in [-0.2, 0) is 0 Å². The van der Waals surface area contributed by atoms with Crippen LogP contribution in [0.4, 0.5) is 17.1 Å². The van der Waals surface area contributed by atoms with Gasteiger partial charge in [-0.2, -0.15) is 0 Å². The summed E-state index contributed by atoms with van der Waals surface area (Å²) in [5, 5.41) is 0.877. The molecule has 0 radical (unpaired) electrons. The number of aromatic nitrogens is 1. The Labute approximate surface area is 299 Å². The van der Waals surface area contributed by atoms with Crippen molar-refractivity contribution in [2.75, 3.05) is 4.90 Å². The zero-order valence-corrected chi connectivity index (χ0v) is 25.6. The van der Waals surface area contributed by atoms with Crippen LogP contribution in [0.1, 0.15) is 27.6 Å². The normalized spacial score (nSPS) is 15.2. The van der Waals surface area contributed by atoms with E-state index in [1.165, 1.54) is 24.3 Å². The minimum atomic E-state index is -0.669. The molecule has 0 N–H and O–H groups in total. The van der Waals surface area contributed by atoms with E-state index in [4.69, 9.17) is 13.7 Å². The first-order chi connectivity index (χ1) is 28.8. The molecule has 0 atom stereocenters. The highest BCUT2D eigenvalue weighted by molar-refractivity contribution is 6.06. The summed E-state index contributed by atoms with van der Waals surface area (Å²) in [6.45, 7) is 0. The molecule has 0 aliphatic carbocycles. The van der Waals surface area contributed by atoms with E-state index in [2.05, 4.69) is 28.8 Å². The van der Waals surface area contributed by atoms with Crippen LogP contribution < -0.4 is 4.90 Å². The van der Waals surface area contributed by atoms with Crippen LogP contribution in [0, 0.1) is 0 Å². The molecule has 48 heavy (non-hydrogen) atoms. The van der Waals surface area contributed by atoms with Gasteiger partial charge in [0, 0.05) is 33.7 Å². The number of rotatable bonds is 8. The van der Waals surface area contributed by atoms with E-state index in [0.29, 0.717) is 11.1 Å². The summed E-state index contributed by atoms with van der Waals surface area (Å²) in [6.07, 6.45) is 0. The first kappa shape index (κ1) is 18.7. The standard InChI is InChI=1S/C46H34N2/c1-6-16-37(17-7-1)45-43-34-36(30-33-44(43)48(41-24-14-5-15-25-41)46(45)38-18-8-2-9-19-38)27-26-35-28-31-42(32-29-35)47(39-20-10-3-11-21-39)40-22-12-4-13-23-40/h1-34H/b27-26+/i3D,4D,10D,11D,12D,13D,20D,21D,22D,23D,26D,27D. The Hall–Kier alpha value is -6.38. The maximum absolute atomic E-state index is 9.31. The van der Waals surface area contributed by atoms with Gasteiger partial charge in [0.2, 0.25) is 0 Å². The molecule has 0 aliphatic heterocycles. The van der Waals surface area contributed by atoms with Gasteiger partial charge < -0.3 is 9.47 Å². The number of hydrogen-bond donors (Lipinski definition) is 0. The zero-order chi connectivity index (χ0) is 42.6. The second-order valence-electron chi connectivity index (χ2n) is 10.9. The van der Waals surface area contributed by atoms with E-state index in [0.717, 1.165) is 43.9 Å². The Morgan fingerprint density at radius 1 is 0.500 bits per heavy atom. The lowest BCUT2D eigenvalue weighted by molar-refractivity contribution is 1.13. The number of para-hydroxylation sites is 3. The molecule has 1 heterocycles. The molecule has 0 spiro atoms. The van der Waals surface area contributed by atoms with Gasteiger partial charge in [-0.15, -0.1) is 0 Å². The van der Waals surface area contributed by atoms with Crippen molar-refractivity contribution in [3.05, 3.63) is 205 Å². The first-order valence-corrected chi connectivity index (χ1v) is 15.4. The van der Waals surface area contributed by atoms with Gasteiger partial charge in [0.05, 0.1) is 27.7 Å². The summed E-state index contributed by atoms with van der Waals surface area (Å²) >= 11 is 0. The molecule has 8 rings (SSSR count). The Morgan fingerprint density at radius 2 is 1.02 bits per heavy atom. The fourth-order valence-electron chi connectivity index (χ4n) is 5.90. The highest BCUT2D eigenvalue weighted by atomic mass is 15.1. The third-order valence-corrected chi connectivity index (χ3v) is 7.99. The van der Waals surface area contributed by atoms with Gasteiger partial charge in [-0.1, -0.05) is 145 Å². The van der Waals surface area contributed by atoms with Crippen molar-refractivity contribution in [2.24, 2.45) is 0 Å². The van der Waals surface area contributed by atoms with Crippen molar-refractivity contribution in [3.8, 4) is 28.1 Å². The van der Waals surface area contributed by atoms with Crippen LogP contribution in [0.15, 0.2) is 194 Å². The molecule has 0 saturated heterocycles. The summed E-state index contributed by atoms with van der Waals surface area (Å²) in [6, 6.07) is 35.0. The molecule has 7 aromatic carbocycles. The summed E-state index contributed by atoms with van der Waals surface area (Å²) < 4.78 is 105. The van der Waals surface area contributed by atoms with Crippen LogP contribution in [0.25, 0.3) is 51.1 Å². The van der Waals surface area contributed by atoms with E-state index < -0.39 is 71.8 Å². The molecular weight excluding hydrogens is 581 g/mol. The Kier molecular flexibility index (Phi) is 5.12. The molecule has 2 heteroatoms.